The van der Waals surface area contributed by atoms with E-state index in [1.54, 1.807) is 13.0 Å². The lowest BCUT2D eigenvalue weighted by atomic mass is 10.1. The fourth-order valence-corrected chi connectivity index (χ4v) is 1.81. The Labute approximate surface area is 122 Å². The topological polar surface area (TPSA) is 27.3 Å². The molecule has 1 rings (SSSR count). The van der Waals surface area contributed by atoms with Gasteiger partial charge in [0.1, 0.15) is 0 Å². The van der Waals surface area contributed by atoms with E-state index in [0.717, 1.165) is 18.7 Å². The average molecular weight is 305 g/mol. The Bertz CT molecular complexity index is 472. The van der Waals surface area contributed by atoms with Crippen LogP contribution in [0.2, 0.25) is 0 Å². The van der Waals surface area contributed by atoms with Gasteiger partial charge in [0.2, 0.25) is 0 Å². The van der Waals surface area contributed by atoms with Crippen molar-refractivity contribution >= 4 is 23.0 Å². The van der Waals surface area contributed by atoms with Crippen molar-refractivity contribution in [3.05, 3.63) is 29.3 Å². The lowest BCUT2D eigenvalue weighted by Crippen LogP contribution is -2.34. The van der Waals surface area contributed by atoms with E-state index in [1.807, 2.05) is 19.0 Å². The summed E-state index contributed by atoms with van der Waals surface area (Å²) in [6.45, 7) is 3.02. The van der Waals surface area contributed by atoms with Gasteiger partial charge in [0, 0.05) is 18.8 Å². The zero-order valence-electron chi connectivity index (χ0n) is 11.6. The van der Waals surface area contributed by atoms with E-state index in [-0.39, 0.29) is 0 Å². The third kappa shape index (κ3) is 5.75. The Morgan fingerprint density at radius 1 is 1.25 bits per heavy atom. The highest BCUT2D eigenvalue weighted by Gasteiger charge is 2.30. The van der Waals surface area contributed by atoms with Gasteiger partial charge in [0.15, 0.2) is 5.11 Å². The Balaban J connectivity index is 2.68. The molecule has 0 saturated carbocycles. The van der Waals surface area contributed by atoms with Crippen molar-refractivity contribution < 1.29 is 13.2 Å². The molecule has 0 saturated heterocycles. The number of benzene rings is 1. The maximum absolute atomic E-state index is 12.7. The predicted octanol–water partition coefficient (Wildman–Crippen LogP) is 2.86. The lowest BCUT2D eigenvalue weighted by Gasteiger charge is -2.15. The molecule has 0 aromatic heterocycles. The number of hydrogen-bond acceptors (Lipinski definition) is 2. The van der Waals surface area contributed by atoms with Gasteiger partial charge in [-0.1, -0.05) is 0 Å². The third-order valence-electron chi connectivity index (χ3n) is 2.51. The summed E-state index contributed by atoms with van der Waals surface area (Å²) in [7, 11) is 3.85. The van der Waals surface area contributed by atoms with E-state index in [4.69, 9.17) is 12.2 Å². The van der Waals surface area contributed by atoms with E-state index in [1.165, 1.54) is 0 Å². The molecule has 0 spiro atoms. The third-order valence-corrected chi connectivity index (χ3v) is 2.75. The largest absolute Gasteiger partial charge is 0.416 e. The van der Waals surface area contributed by atoms with Gasteiger partial charge in [-0.3, -0.25) is 0 Å². The number of hydrogen-bond donors (Lipinski definition) is 2. The van der Waals surface area contributed by atoms with Crippen molar-refractivity contribution in [3.63, 3.8) is 0 Å². The number of rotatable bonds is 4. The number of likely N-dealkylation sites (N-methyl/N-ethyl adjacent to an activating group) is 1. The molecule has 1 aromatic rings. The molecule has 0 heterocycles. The van der Waals surface area contributed by atoms with Crippen LogP contribution in [0.15, 0.2) is 18.2 Å². The number of anilines is 1. The van der Waals surface area contributed by atoms with Crippen LogP contribution in [0.5, 0.6) is 0 Å². The molecule has 0 aliphatic heterocycles. The molecule has 0 bridgehead atoms. The quantitative estimate of drug-likeness (QED) is 0.837. The van der Waals surface area contributed by atoms with Crippen LogP contribution in [0.25, 0.3) is 0 Å². The molecule has 112 valence electrons. The normalized spacial score (nSPS) is 11.6. The summed E-state index contributed by atoms with van der Waals surface area (Å²) in [6, 6.07) is 3.77. The van der Waals surface area contributed by atoms with Crippen LogP contribution in [0.4, 0.5) is 18.9 Å². The molecule has 2 N–H and O–H groups in total. The summed E-state index contributed by atoms with van der Waals surface area (Å²) in [4.78, 5) is 1.98. The maximum atomic E-state index is 12.7. The monoisotopic (exact) mass is 305 g/mol. The molecule has 1 aromatic carbocycles. The van der Waals surface area contributed by atoms with Crippen molar-refractivity contribution in [3.8, 4) is 0 Å². The predicted molar refractivity (Wildman–Crippen MR) is 79.0 cm³/mol. The van der Waals surface area contributed by atoms with E-state index in [2.05, 4.69) is 10.6 Å². The second-order valence-electron chi connectivity index (χ2n) is 4.77. The van der Waals surface area contributed by atoms with Gasteiger partial charge in [-0.15, -0.1) is 0 Å². The minimum Gasteiger partial charge on any atom is -0.361 e. The number of nitrogens with one attached hydrogen (secondary N) is 2. The van der Waals surface area contributed by atoms with Crippen molar-refractivity contribution in [2.75, 3.05) is 32.5 Å². The van der Waals surface area contributed by atoms with E-state index >= 15 is 0 Å². The summed E-state index contributed by atoms with van der Waals surface area (Å²) in [6.07, 6.45) is -4.36. The highest BCUT2D eigenvalue weighted by atomic mass is 32.1. The zero-order chi connectivity index (χ0) is 15.3. The van der Waals surface area contributed by atoms with Crippen LogP contribution in [0.3, 0.4) is 0 Å². The Morgan fingerprint density at radius 2 is 1.90 bits per heavy atom. The lowest BCUT2D eigenvalue weighted by molar-refractivity contribution is -0.137. The number of thiocarbonyl (C=S) groups is 1. The molecule has 0 aliphatic carbocycles. The first-order valence-corrected chi connectivity index (χ1v) is 6.48. The average Bonchev–Trinajstić information content (AvgIpc) is 2.26. The van der Waals surface area contributed by atoms with E-state index in [9.17, 15) is 13.2 Å². The van der Waals surface area contributed by atoms with Gasteiger partial charge < -0.3 is 15.5 Å². The molecule has 7 heteroatoms. The maximum Gasteiger partial charge on any atom is 0.416 e. The summed E-state index contributed by atoms with van der Waals surface area (Å²) in [5.41, 5.74) is 0.175. The van der Waals surface area contributed by atoms with Crippen LogP contribution in [-0.4, -0.2) is 37.2 Å². The minimum absolute atomic E-state index is 0.311. The number of alkyl halides is 3. The minimum atomic E-state index is -4.36. The molecule has 0 radical (unpaired) electrons. The number of halogens is 3. The van der Waals surface area contributed by atoms with Crippen LogP contribution < -0.4 is 10.6 Å². The van der Waals surface area contributed by atoms with Crippen molar-refractivity contribution in [1.82, 2.24) is 10.2 Å². The Hall–Kier alpha value is -1.34. The van der Waals surface area contributed by atoms with Gasteiger partial charge in [0.25, 0.3) is 0 Å². The molecular formula is C13H18F3N3S. The molecule has 20 heavy (non-hydrogen) atoms. The van der Waals surface area contributed by atoms with E-state index in [0.29, 0.717) is 22.9 Å². The Kier molecular flexibility index (Phi) is 5.76. The zero-order valence-corrected chi connectivity index (χ0v) is 12.5. The molecule has 3 nitrogen and oxygen atoms in total. The molecule has 0 fully saturated rings. The van der Waals surface area contributed by atoms with Gasteiger partial charge in [-0.05, 0) is 57.0 Å². The Morgan fingerprint density at radius 3 is 2.45 bits per heavy atom. The molecule has 0 amide bonds. The number of aryl methyl sites for hydroxylation is 1. The van der Waals surface area contributed by atoms with Gasteiger partial charge in [-0.25, -0.2) is 0 Å². The SMILES string of the molecule is Cc1cc(NC(=S)NCCN(C)C)cc(C(F)(F)F)c1. The van der Waals surface area contributed by atoms with Crippen LogP contribution in [0.1, 0.15) is 11.1 Å². The smallest absolute Gasteiger partial charge is 0.361 e. The fourth-order valence-electron chi connectivity index (χ4n) is 1.59. The van der Waals surface area contributed by atoms with Crippen molar-refractivity contribution in [2.24, 2.45) is 0 Å². The first-order chi connectivity index (χ1) is 9.18. The second kappa shape index (κ2) is 6.90. The van der Waals surface area contributed by atoms with Crippen molar-refractivity contribution in [2.45, 2.75) is 13.1 Å². The molecule has 0 unspecified atom stereocenters. The second-order valence-corrected chi connectivity index (χ2v) is 5.18. The highest BCUT2D eigenvalue weighted by Crippen LogP contribution is 2.31. The summed E-state index contributed by atoms with van der Waals surface area (Å²) < 4.78 is 38.1. The first kappa shape index (κ1) is 16.7. The highest BCUT2D eigenvalue weighted by molar-refractivity contribution is 7.80. The van der Waals surface area contributed by atoms with Crippen LogP contribution >= 0.6 is 12.2 Å². The molecule has 0 atom stereocenters. The molecular weight excluding hydrogens is 287 g/mol. The standard InChI is InChI=1S/C13H18F3N3S/c1-9-6-10(13(14,15)16)8-11(7-9)18-12(20)17-4-5-19(2)3/h6-8H,4-5H2,1-3H3,(H2,17,18,20). The van der Waals surface area contributed by atoms with Crippen LogP contribution in [0, 0.1) is 6.92 Å². The van der Waals surface area contributed by atoms with Gasteiger partial charge in [-0.2, -0.15) is 13.2 Å². The van der Waals surface area contributed by atoms with E-state index < -0.39 is 11.7 Å². The first-order valence-electron chi connectivity index (χ1n) is 6.07. The van der Waals surface area contributed by atoms with Gasteiger partial charge in [0.05, 0.1) is 5.56 Å². The summed E-state index contributed by atoms with van der Waals surface area (Å²) in [5.74, 6) is 0. The fraction of sp³-hybridized carbons (Fsp3) is 0.462. The molecule has 0 aliphatic rings. The summed E-state index contributed by atoms with van der Waals surface area (Å²) in [5, 5.41) is 6.02. The summed E-state index contributed by atoms with van der Waals surface area (Å²) >= 11 is 5.05. The van der Waals surface area contributed by atoms with Crippen molar-refractivity contribution in [1.29, 1.82) is 0 Å². The van der Waals surface area contributed by atoms with Gasteiger partial charge >= 0.3 is 6.18 Å². The number of nitrogens with zero attached hydrogens (tertiary/aromatic N) is 1. The van der Waals surface area contributed by atoms with Crippen LogP contribution in [-0.2, 0) is 6.18 Å².